The van der Waals surface area contributed by atoms with E-state index >= 15 is 0 Å². The van der Waals surface area contributed by atoms with E-state index in [1.807, 2.05) is 13.0 Å². The fourth-order valence-electron chi connectivity index (χ4n) is 3.42. The van der Waals surface area contributed by atoms with Gasteiger partial charge in [-0.3, -0.25) is 4.79 Å². The maximum absolute atomic E-state index is 13.3. The van der Waals surface area contributed by atoms with Crippen molar-refractivity contribution in [2.24, 2.45) is 0 Å². The molecule has 166 valence electrons. The van der Waals surface area contributed by atoms with Crippen molar-refractivity contribution in [3.8, 4) is 22.9 Å². The molecule has 1 N–H and O–H groups in total. The zero-order chi connectivity index (χ0) is 22.8. The molecule has 0 unspecified atom stereocenters. The Labute approximate surface area is 188 Å². The summed E-state index contributed by atoms with van der Waals surface area (Å²) in [6.07, 6.45) is 0. The van der Waals surface area contributed by atoms with Gasteiger partial charge in [0.2, 0.25) is 0 Å². The number of aryl methyl sites for hydroxylation is 1. The lowest BCUT2D eigenvalue weighted by atomic mass is 10.1. The van der Waals surface area contributed by atoms with Crippen LogP contribution in [0.25, 0.3) is 15.9 Å². The zero-order valence-corrected chi connectivity index (χ0v) is 18.9. The molecular weight excluding hydrogens is 433 g/mol. The monoisotopic (exact) mass is 455 g/mol. The Bertz CT molecular complexity index is 1260. The van der Waals surface area contributed by atoms with E-state index in [4.69, 9.17) is 14.2 Å². The van der Waals surface area contributed by atoms with Crippen LogP contribution in [0.5, 0.6) is 17.2 Å². The number of thiophene rings is 1. The molecule has 2 aromatic carbocycles. The SMILES string of the molecule is COc1cc(OC)c(CNC(=O)c2cc3c(C)nn(-c4ccc(F)cc4)c3s2)c(OC)c1. The number of hydrogen-bond donors (Lipinski definition) is 1. The third-order valence-electron chi connectivity index (χ3n) is 5.08. The molecule has 0 aliphatic carbocycles. The van der Waals surface area contributed by atoms with Crippen molar-refractivity contribution in [3.05, 3.63) is 64.4 Å². The number of methoxy groups -OCH3 is 3. The van der Waals surface area contributed by atoms with Gasteiger partial charge in [0.05, 0.1) is 49.7 Å². The minimum atomic E-state index is -0.315. The Morgan fingerprint density at radius 3 is 2.31 bits per heavy atom. The Balaban J connectivity index is 1.60. The van der Waals surface area contributed by atoms with E-state index in [1.54, 1.807) is 50.3 Å². The van der Waals surface area contributed by atoms with Gasteiger partial charge in [0.1, 0.15) is 27.9 Å². The van der Waals surface area contributed by atoms with Crippen LogP contribution in [-0.4, -0.2) is 37.0 Å². The van der Waals surface area contributed by atoms with Crippen molar-refractivity contribution < 1.29 is 23.4 Å². The normalized spacial score (nSPS) is 10.9. The van der Waals surface area contributed by atoms with Gasteiger partial charge in [0.25, 0.3) is 5.91 Å². The Hall–Kier alpha value is -3.59. The minimum absolute atomic E-state index is 0.215. The van der Waals surface area contributed by atoms with Crippen LogP contribution in [0.15, 0.2) is 42.5 Å². The van der Waals surface area contributed by atoms with Gasteiger partial charge in [-0.1, -0.05) is 0 Å². The second-order valence-electron chi connectivity index (χ2n) is 7.00. The number of benzene rings is 2. The van der Waals surface area contributed by atoms with Crippen LogP contribution in [0.3, 0.4) is 0 Å². The number of nitrogens with zero attached hydrogens (tertiary/aromatic N) is 2. The molecule has 4 rings (SSSR count). The molecule has 0 radical (unpaired) electrons. The van der Waals surface area contributed by atoms with Crippen LogP contribution in [0, 0.1) is 12.7 Å². The first-order valence-electron chi connectivity index (χ1n) is 9.77. The summed E-state index contributed by atoms with van der Waals surface area (Å²) in [5.74, 6) is 1.17. The molecule has 0 bridgehead atoms. The maximum atomic E-state index is 13.3. The van der Waals surface area contributed by atoms with Gasteiger partial charge in [0, 0.05) is 17.5 Å². The van der Waals surface area contributed by atoms with Gasteiger partial charge < -0.3 is 19.5 Å². The number of nitrogens with one attached hydrogen (secondary N) is 1. The van der Waals surface area contributed by atoms with Gasteiger partial charge in [-0.25, -0.2) is 9.07 Å². The average Bonchev–Trinajstić information content (AvgIpc) is 3.38. The number of fused-ring (bicyclic) bond motifs is 1. The molecule has 4 aromatic rings. The first kappa shape index (κ1) is 21.6. The van der Waals surface area contributed by atoms with E-state index in [1.165, 1.54) is 23.5 Å². The molecule has 0 aliphatic rings. The fourth-order valence-corrected chi connectivity index (χ4v) is 4.52. The number of carbonyl (C=O) groups is 1. The molecule has 9 heteroatoms. The second-order valence-corrected chi connectivity index (χ2v) is 8.03. The molecule has 0 saturated heterocycles. The maximum Gasteiger partial charge on any atom is 0.261 e. The van der Waals surface area contributed by atoms with Crippen LogP contribution >= 0.6 is 11.3 Å². The highest BCUT2D eigenvalue weighted by molar-refractivity contribution is 7.20. The molecule has 0 fully saturated rings. The van der Waals surface area contributed by atoms with E-state index in [9.17, 15) is 9.18 Å². The smallest absolute Gasteiger partial charge is 0.261 e. The molecule has 2 heterocycles. The molecule has 0 spiro atoms. The van der Waals surface area contributed by atoms with E-state index in [2.05, 4.69) is 10.4 Å². The van der Waals surface area contributed by atoms with Crippen molar-refractivity contribution in [3.63, 3.8) is 0 Å². The van der Waals surface area contributed by atoms with Crippen molar-refractivity contribution in [1.29, 1.82) is 0 Å². The third kappa shape index (κ3) is 3.99. The number of aromatic nitrogens is 2. The lowest BCUT2D eigenvalue weighted by Gasteiger charge is -2.15. The minimum Gasteiger partial charge on any atom is -0.496 e. The number of carbonyl (C=O) groups excluding carboxylic acids is 1. The number of rotatable bonds is 7. The first-order chi connectivity index (χ1) is 15.4. The summed E-state index contributed by atoms with van der Waals surface area (Å²) in [4.78, 5) is 14.3. The zero-order valence-electron chi connectivity index (χ0n) is 18.1. The number of hydrogen-bond acceptors (Lipinski definition) is 6. The van der Waals surface area contributed by atoms with Crippen LogP contribution in [0.2, 0.25) is 0 Å². The highest BCUT2D eigenvalue weighted by atomic mass is 32.1. The van der Waals surface area contributed by atoms with E-state index in [0.29, 0.717) is 27.7 Å². The largest absolute Gasteiger partial charge is 0.496 e. The van der Waals surface area contributed by atoms with Crippen molar-refractivity contribution in [2.75, 3.05) is 21.3 Å². The Kier molecular flexibility index (Phi) is 6.00. The van der Waals surface area contributed by atoms with E-state index in [0.717, 1.165) is 21.6 Å². The lowest BCUT2D eigenvalue weighted by Crippen LogP contribution is -2.22. The molecular formula is C23H22FN3O4S. The molecule has 0 aliphatic heterocycles. The second kappa shape index (κ2) is 8.88. The van der Waals surface area contributed by atoms with E-state index < -0.39 is 0 Å². The lowest BCUT2D eigenvalue weighted by molar-refractivity contribution is 0.0954. The van der Waals surface area contributed by atoms with E-state index in [-0.39, 0.29) is 18.3 Å². The van der Waals surface area contributed by atoms with Crippen LogP contribution < -0.4 is 19.5 Å². The van der Waals surface area contributed by atoms with Gasteiger partial charge in [-0.2, -0.15) is 5.10 Å². The van der Waals surface area contributed by atoms with Crippen molar-refractivity contribution >= 4 is 27.5 Å². The standard InChI is InChI=1S/C23H22FN3O4S/c1-13-17-11-21(32-23(17)27(26-13)15-7-5-14(24)6-8-15)22(28)25-12-18-19(30-3)9-16(29-2)10-20(18)31-4/h5-11H,12H2,1-4H3,(H,25,28). The highest BCUT2D eigenvalue weighted by Crippen LogP contribution is 2.34. The number of amides is 1. The molecule has 1 amide bonds. The van der Waals surface area contributed by atoms with Crippen molar-refractivity contribution in [2.45, 2.75) is 13.5 Å². The summed E-state index contributed by atoms with van der Waals surface area (Å²) < 4.78 is 31.2. The molecule has 2 aromatic heterocycles. The molecule has 0 saturated carbocycles. The van der Waals surface area contributed by atoms with Crippen LogP contribution in [0.4, 0.5) is 4.39 Å². The van der Waals surface area contributed by atoms with Gasteiger partial charge in [-0.05, 0) is 37.3 Å². The number of ether oxygens (including phenoxy) is 3. The number of halogens is 1. The fraction of sp³-hybridized carbons (Fsp3) is 0.217. The van der Waals surface area contributed by atoms with Crippen molar-refractivity contribution in [1.82, 2.24) is 15.1 Å². The van der Waals surface area contributed by atoms with Gasteiger partial charge >= 0.3 is 0 Å². The summed E-state index contributed by atoms with van der Waals surface area (Å²) in [6, 6.07) is 11.4. The summed E-state index contributed by atoms with van der Waals surface area (Å²) in [6.45, 7) is 2.09. The van der Waals surface area contributed by atoms with Gasteiger partial charge in [0.15, 0.2) is 0 Å². The Morgan fingerprint density at radius 1 is 1.06 bits per heavy atom. The summed E-state index contributed by atoms with van der Waals surface area (Å²) in [5.41, 5.74) is 2.23. The predicted octanol–water partition coefficient (Wildman–Crippen LogP) is 4.49. The Morgan fingerprint density at radius 2 is 1.72 bits per heavy atom. The topological polar surface area (TPSA) is 74.6 Å². The van der Waals surface area contributed by atoms with Crippen LogP contribution in [0.1, 0.15) is 20.9 Å². The predicted molar refractivity (Wildman–Crippen MR) is 121 cm³/mol. The average molecular weight is 456 g/mol. The third-order valence-corrected chi connectivity index (χ3v) is 6.19. The summed E-state index contributed by atoms with van der Waals surface area (Å²) in [7, 11) is 4.66. The first-order valence-corrected chi connectivity index (χ1v) is 10.6. The highest BCUT2D eigenvalue weighted by Gasteiger charge is 2.19. The molecule has 32 heavy (non-hydrogen) atoms. The molecule has 7 nitrogen and oxygen atoms in total. The summed E-state index contributed by atoms with van der Waals surface area (Å²) >= 11 is 1.33. The molecule has 0 atom stereocenters. The van der Waals surface area contributed by atoms with Gasteiger partial charge in [-0.15, -0.1) is 11.3 Å². The summed E-state index contributed by atoms with van der Waals surface area (Å²) in [5, 5.41) is 8.34. The van der Waals surface area contributed by atoms with Crippen LogP contribution in [-0.2, 0) is 6.54 Å². The quantitative estimate of drug-likeness (QED) is 0.444.